The lowest BCUT2D eigenvalue weighted by Gasteiger charge is -2.24. The molecule has 2 rings (SSSR count). The second-order valence-electron chi connectivity index (χ2n) is 6.57. The summed E-state index contributed by atoms with van der Waals surface area (Å²) in [6.07, 6.45) is -0.552. The second-order valence-corrected chi connectivity index (χ2v) is 6.57. The van der Waals surface area contributed by atoms with Gasteiger partial charge in [0, 0.05) is 11.1 Å². The third kappa shape index (κ3) is 3.64. The van der Waals surface area contributed by atoms with Crippen LogP contribution in [0.25, 0.3) is 0 Å². The highest BCUT2D eigenvalue weighted by molar-refractivity contribution is 5.46. The number of aryl methyl sites for hydroxylation is 1. The van der Waals surface area contributed by atoms with Crippen molar-refractivity contribution >= 4 is 0 Å². The molecule has 2 heteroatoms. The van der Waals surface area contributed by atoms with Crippen molar-refractivity contribution < 1.29 is 9.84 Å². The first kappa shape index (κ1) is 15.6. The smallest absolute Gasteiger partial charge is 0.133 e. The van der Waals surface area contributed by atoms with E-state index in [2.05, 4.69) is 45.9 Å². The fraction of sp³-hybridized carbons (Fsp3) is 0.368. The van der Waals surface area contributed by atoms with Gasteiger partial charge in [0.1, 0.15) is 11.5 Å². The molecule has 21 heavy (non-hydrogen) atoms. The van der Waals surface area contributed by atoms with Crippen molar-refractivity contribution in [2.24, 2.45) is 0 Å². The Kier molecular flexibility index (Phi) is 4.38. The van der Waals surface area contributed by atoms with Crippen LogP contribution in [0.1, 0.15) is 50.5 Å². The van der Waals surface area contributed by atoms with E-state index in [-0.39, 0.29) is 5.41 Å². The quantitative estimate of drug-likeness (QED) is 0.845. The summed E-state index contributed by atoms with van der Waals surface area (Å²) in [7, 11) is 0. The Labute approximate surface area is 127 Å². The van der Waals surface area contributed by atoms with Gasteiger partial charge in [-0.1, -0.05) is 51.1 Å². The SMILES string of the molecule is Cc1ccc(C(C)(C)C)c(Oc2ccccc2C(C)O)c1. The molecule has 1 N–H and O–H groups in total. The minimum atomic E-state index is -0.552. The summed E-state index contributed by atoms with van der Waals surface area (Å²) < 4.78 is 6.15. The predicted octanol–water partition coefficient (Wildman–Crippen LogP) is 5.14. The molecule has 0 saturated heterocycles. The minimum absolute atomic E-state index is 0.00279. The molecule has 0 aliphatic heterocycles. The fourth-order valence-corrected chi connectivity index (χ4v) is 2.37. The lowest BCUT2D eigenvalue weighted by Crippen LogP contribution is -2.13. The standard InChI is InChI=1S/C19H24O2/c1-13-10-11-16(19(3,4)5)18(12-13)21-17-9-7-6-8-15(17)14(2)20/h6-12,14,20H,1-5H3. The van der Waals surface area contributed by atoms with E-state index in [1.54, 1.807) is 6.92 Å². The van der Waals surface area contributed by atoms with Crippen LogP contribution in [-0.4, -0.2) is 5.11 Å². The first-order valence-corrected chi connectivity index (χ1v) is 7.35. The summed E-state index contributed by atoms with van der Waals surface area (Å²) in [5.41, 5.74) is 3.13. The van der Waals surface area contributed by atoms with Crippen molar-refractivity contribution in [3.8, 4) is 11.5 Å². The van der Waals surface area contributed by atoms with Crippen LogP contribution in [0.15, 0.2) is 42.5 Å². The van der Waals surface area contributed by atoms with Gasteiger partial charge in [0.05, 0.1) is 6.10 Å². The number of aliphatic hydroxyl groups is 1. The fourth-order valence-electron chi connectivity index (χ4n) is 2.37. The Bertz CT molecular complexity index is 622. The molecular formula is C19H24O2. The lowest BCUT2D eigenvalue weighted by molar-refractivity contribution is 0.195. The number of hydrogen-bond acceptors (Lipinski definition) is 2. The number of hydrogen-bond donors (Lipinski definition) is 1. The molecule has 1 unspecified atom stereocenters. The van der Waals surface area contributed by atoms with E-state index in [0.29, 0.717) is 5.75 Å². The number of ether oxygens (including phenoxy) is 1. The number of aliphatic hydroxyl groups excluding tert-OH is 1. The zero-order valence-electron chi connectivity index (χ0n) is 13.5. The minimum Gasteiger partial charge on any atom is -0.457 e. The average Bonchev–Trinajstić information content (AvgIpc) is 2.37. The van der Waals surface area contributed by atoms with Gasteiger partial charge in [0.2, 0.25) is 0 Å². The van der Waals surface area contributed by atoms with Gasteiger partial charge in [-0.05, 0) is 37.0 Å². The second kappa shape index (κ2) is 5.90. The Morgan fingerprint density at radius 3 is 2.29 bits per heavy atom. The van der Waals surface area contributed by atoms with Crippen molar-refractivity contribution in [3.63, 3.8) is 0 Å². The Morgan fingerprint density at radius 2 is 1.67 bits per heavy atom. The molecule has 0 bridgehead atoms. The molecule has 2 aromatic rings. The monoisotopic (exact) mass is 284 g/mol. The zero-order valence-corrected chi connectivity index (χ0v) is 13.5. The average molecular weight is 284 g/mol. The summed E-state index contributed by atoms with van der Waals surface area (Å²) in [6.45, 7) is 10.3. The molecule has 2 nitrogen and oxygen atoms in total. The molecule has 0 aromatic heterocycles. The highest BCUT2D eigenvalue weighted by Crippen LogP contribution is 2.37. The molecular weight excluding hydrogens is 260 g/mol. The molecule has 112 valence electrons. The maximum Gasteiger partial charge on any atom is 0.133 e. The van der Waals surface area contributed by atoms with Crippen LogP contribution in [0.2, 0.25) is 0 Å². The summed E-state index contributed by atoms with van der Waals surface area (Å²) >= 11 is 0. The first-order valence-electron chi connectivity index (χ1n) is 7.35. The summed E-state index contributed by atoms with van der Waals surface area (Å²) in [5, 5.41) is 9.89. The van der Waals surface area contributed by atoms with Gasteiger partial charge in [-0.15, -0.1) is 0 Å². The molecule has 0 aliphatic rings. The van der Waals surface area contributed by atoms with Crippen molar-refractivity contribution in [3.05, 3.63) is 59.2 Å². The van der Waals surface area contributed by atoms with Crippen LogP contribution < -0.4 is 4.74 Å². The van der Waals surface area contributed by atoms with E-state index in [4.69, 9.17) is 4.74 Å². The van der Waals surface area contributed by atoms with Crippen LogP contribution in [0.3, 0.4) is 0 Å². The predicted molar refractivity (Wildman–Crippen MR) is 87.0 cm³/mol. The van der Waals surface area contributed by atoms with Gasteiger partial charge in [0.15, 0.2) is 0 Å². The van der Waals surface area contributed by atoms with Crippen LogP contribution >= 0.6 is 0 Å². The molecule has 2 aromatic carbocycles. The van der Waals surface area contributed by atoms with Crippen LogP contribution in [-0.2, 0) is 5.41 Å². The largest absolute Gasteiger partial charge is 0.457 e. The molecule has 0 amide bonds. The van der Waals surface area contributed by atoms with E-state index in [1.165, 1.54) is 0 Å². The van der Waals surface area contributed by atoms with Crippen molar-refractivity contribution in [2.75, 3.05) is 0 Å². The topological polar surface area (TPSA) is 29.5 Å². The third-order valence-electron chi connectivity index (χ3n) is 3.53. The lowest BCUT2D eigenvalue weighted by atomic mass is 9.86. The number of para-hydroxylation sites is 1. The zero-order chi connectivity index (χ0) is 15.6. The van der Waals surface area contributed by atoms with Gasteiger partial charge >= 0.3 is 0 Å². The maximum absolute atomic E-state index is 9.89. The summed E-state index contributed by atoms with van der Waals surface area (Å²) in [5.74, 6) is 1.57. The maximum atomic E-state index is 9.89. The highest BCUT2D eigenvalue weighted by Gasteiger charge is 2.20. The molecule has 0 saturated carbocycles. The Morgan fingerprint density at radius 1 is 1.00 bits per heavy atom. The van der Waals surface area contributed by atoms with Crippen molar-refractivity contribution in [1.82, 2.24) is 0 Å². The molecule has 0 radical (unpaired) electrons. The molecule has 0 fully saturated rings. The van der Waals surface area contributed by atoms with Crippen LogP contribution in [0, 0.1) is 6.92 Å². The highest BCUT2D eigenvalue weighted by atomic mass is 16.5. The number of benzene rings is 2. The molecule has 0 aliphatic carbocycles. The summed E-state index contributed by atoms with van der Waals surface area (Å²) in [4.78, 5) is 0. The molecule has 0 spiro atoms. The molecule has 0 heterocycles. The third-order valence-corrected chi connectivity index (χ3v) is 3.53. The van der Waals surface area contributed by atoms with Crippen LogP contribution in [0.4, 0.5) is 0 Å². The summed E-state index contributed by atoms with van der Waals surface area (Å²) in [6, 6.07) is 13.9. The van der Waals surface area contributed by atoms with E-state index < -0.39 is 6.10 Å². The van der Waals surface area contributed by atoms with Gasteiger partial charge in [-0.3, -0.25) is 0 Å². The molecule has 1 atom stereocenters. The number of rotatable bonds is 3. The van der Waals surface area contributed by atoms with E-state index in [9.17, 15) is 5.11 Å². The van der Waals surface area contributed by atoms with Gasteiger partial charge < -0.3 is 9.84 Å². The van der Waals surface area contributed by atoms with Gasteiger partial charge in [-0.2, -0.15) is 0 Å². The first-order chi connectivity index (χ1) is 9.79. The van der Waals surface area contributed by atoms with Crippen LogP contribution in [0.5, 0.6) is 11.5 Å². The van der Waals surface area contributed by atoms with E-state index >= 15 is 0 Å². The Balaban J connectivity index is 2.47. The van der Waals surface area contributed by atoms with E-state index in [0.717, 1.165) is 22.4 Å². The van der Waals surface area contributed by atoms with Crippen molar-refractivity contribution in [2.45, 2.75) is 46.1 Å². The normalized spacial score (nSPS) is 13.0. The van der Waals surface area contributed by atoms with Gasteiger partial charge in [-0.25, -0.2) is 0 Å². The van der Waals surface area contributed by atoms with Crippen molar-refractivity contribution in [1.29, 1.82) is 0 Å². The Hall–Kier alpha value is -1.80. The van der Waals surface area contributed by atoms with E-state index in [1.807, 2.05) is 24.3 Å². The van der Waals surface area contributed by atoms with Gasteiger partial charge in [0.25, 0.3) is 0 Å².